The molecule has 0 amide bonds. The Bertz CT molecular complexity index is 1130. The van der Waals surface area contributed by atoms with Gasteiger partial charge in [-0.15, -0.1) is 23.7 Å². The van der Waals surface area contributed by atoms with E-state index in [0.717, 1.165) is 21.2 Å². The summed E-state index contributed by atoms with van der Waals surface area (Å²) < 4.78 is 29.5. The molecule has 0 aliphatic carbocycles. The summed E-state index contributed by atoms with van der Waals surface area (Å²) in [5, 5.41) is 4.03. The second-order valence-electron chi connectivity index (χ2n) is 6.03. The van der Waals surface area contributed by atoms with Crippen LogP contribution < -0.4 is 5.32 Å². The van der Waals surface area contributed by atoms with Gasteiger partial charge in [-0.1, -0.05) is 48.5 Å². The third-order valence-electron chi connectivity index (χ3n) is 4.21. The van der Waals surface area contributed by atoms with Gasteiger partial charge in [-0.25, -0.2) is 3.97 Å². The maximum absolute atomic E-state index is 13.4. The zero-order valence-electron chi connectivity index (χ0n) is 14.6. The number of fused-ring (bicyclic) bond motifs is 1. The van der Waals surface area contributed by atoms with E-state index >= 15 is 0 Å². The Labute approximate surface area is 168 Å². The minimum Gasteiger partial charge on any atom is -0.316 e. The molecule has 2 heterocycles. The van der Waals surface area contributed by atoms with E-state index in [1.807, 2.05) is 67.7 Å². The van der Waals surface area contributed by atoms with Gasteiger partial charge in [-0.05, 0) is 41.8 Å². The predicted molar refractivity (Wildman–Crippen MR) is 114 cm³/mol. The van der Waals surface area contributed by atoms with Gasteiger partial charge in [0.25, 0.3) is 10.0 Å². The normalized spacial score (nSPS) is 11.4. The van der Waals surface area contributed by atoms with Crippen LogP contribution in [-0.2, 0) is 16.6 Å². The van der Waals surface area contributed by atoms with E-state index < -0.39 is 10.0 Å². The molecule has 0 fully saturated rings. The van der Waals surface area contributed by atoms with Crippen LogP contribution in [0.3, 0.4) is 0 Å². The molecule has 1 N–H and O–H groups in total. The maximum atomic E-state index is 13.4. The quantitative estimate of drug-likeness (QED) is 0.509. The molecule has 0 aliphatic heterocycles. The molecule has 0 saturated carbocycles. The topological polar surface area (TPSA) is 51.1 Å². The second-order valence-corrected chi connectivity index (χ2v) is 9.16. The van der Waals surface area contributed by atoms with E-state index in [1.165, 1.54) is 15.3 Å². The first-order valence-electron chi connectivity index (χ1n) is 8.25. The molecule has 4 aromatic rings. The average molecular weight is 419 g/mol. The third kappa shape index (κ3) is 3.66. The number of hydrogen-bond acceptors (Lipinski definition) is 4. The molecule has 140 valence electrons. The van der Waals surface area contributed by atoms with Crippen molar-refractivity contribution >= 4 is 43.9 Å². The molecular formula is C20H19ClN2O2S2. The highest BCUT2D eigenvalue weighted by Gasteiger charge is 2.23. The molecule has 0 unspecified atom stereocenters. The van der Waals surface area contributed by atoms with Crippen LogP contribution in [0.2, 0.25) is 0 Å². The highest BCUT2D eigenvalue weighted by Crippen LogP contribution is 2.33. The lowest BCUT2D eigenvalue weighted by molar-refractivity contribution is 0.590. The van der Waals surface area contributed by atoms with Crippen molar-refractivity contribution in [3.8, 4) is 11.3 Å². The summed E-state index contributed by atoms with van der Waals surface area (Å²) in [6.45, 7) is 0.606. The van der Waals surface area contributed by atoms with E-state index in [4.69, 9.17) is 0 Å². The Morgan fingerprint density at radius 2 is 1.70 bits per heavy atom. The van der Waals surface area contributed by atoms with Gasteiger partial charge >= 0.3 is 0 Å². The maximum Gasteiger partial charge on any atom is 0.277 e. The summed E-state index contributed by atoms with van der Waals surface area (Å²) in [5.74, 6) is 0. The van der Waals surface area contributed by atoms with Gasteiger partial charge in [0.15, 0.2) is 0 Å². The zero-order valence-corrected chi connectivity index (χ0v) is 17.1. The SMILES string of the molecule is CNCc1cc(-c2ccccc2)n(S(=O)(=O)c2cc3ccccc3s2)c1.Cl. The molecule has 0 spiro atoms. The number of rotatable bonds is 5. The monoisotopic (exact) mass is 418 g/mol. The van der Waals surface area contributed by atoms with E-state index in [2.05, 4.69) is 5.32 Å². The number of benzene rings is 2. The third-order valence-corrected chi connectivity index (χ3v) is 7.45. The molecule has 4 rings (SSSR count). The van der Waals surface area contributed by atoms with Crippen LogP contribution in [0, 0.1) is 0 Å². The first-order chi connectivity index (χ1) is 12.6. The smallest absolute Gasteiger partial charge is 0.277 e. The van der Waals surface area contributed by atoms with Gasteiger partial charge in [0.1, 0.15) is 4.21 Å². The minimum atomic E-state index is -3.67. The summed E-state index contributed by atoms with van der Waals surface area (Å²) in [5.41, 5.74) is 2.48. The minimum absolute atomic E-state index is 0. The molecule has 4 nitrogen and oxygen atoms in total. The van der Waals surface area contributed by atoms with Crippen LogP contribution in [0.1, 0.15) is 5.56 Å². The van der Waals surface area contributed by atoms with Crippen LogP contribution in [0.4, 0.5) is 0 Å². The average Bonchev–Trinajstić information content (AvgIpc) is 3.28. The number of thiophene rings is 1. The van der Waals surface area contributed by atoms with Gasteiger partial charge in [0, 0.05) is 17.4 Å². The number of hydrogen-bond donors (Lipinski definition) is 1. The number of nitrogens with zero attached hydrogens (tertiary/aromatic N) is 1. The standard InChI is InChI=1S/C20H18N2O2S2.ClH/c1-21-13-15-11-18(16-7-3-2-4-8-16)22(14-15)26(23,24)20-12-17-9-5-6-10-19(17)25-20;/h2-12,14,21H,13H2,1H3;1H. The summed E-state index contributed by atoms with van der Waals surface area (Å²) in [6, 6.07) is 21.0. The van der Waals surface area contributed by atoms with Crippen molar-refractivity contribution < 1.29 is 8.42 Å². The Morgan fingerprint density at radius 3 is 2.41 bits per heavy atom. The van der Waals surface area contributed by atoms with E-state index in [-0.39, 0.29) is 12.4 Å². The lowest BCUT2D eigenvalue weighted by atomic mass is 10.1. The van der Waals surface area contributed by atoms with Crippen LogP contribution >= 0.6 is 23.7 Å². The highest BCUT2D eigenvalue weighted by atomic mass is 35.5. The molecule has 0 radical (unpaired) electrons. The first kappa shape index (κ1) is 19.6. The molecule has 2 aromatic heterocycles. The fourth-order valence-electron chi connectivity index (χ4n) is 3.00. The molecule has 27 heavy (non-hydrogen) atoms. The second kappa shape index (κ2) is 7.86. The molecule has 0 bridgehead atoms. The van der Waals surface area contributed by atoms with Crippen molar-refractivity contribution in [1.82, 2.24) is 9.29 Å². The summed E-state index contributed by atoms with van der Waals surface area (Å²) in [6.07, 6.45) is 1.71. The molecule has 0 saturated heterocycles. The van der Waals surface area contributed by atoms with Crippen molar-refractivity contribution in [1.29, 1.82) is 0 Å². The van der Waals surface area contributed by atoms with Crippen molar-refractivity contribution in [3.05, 3.63) is 78.5 Å². The first-order valence-corrected chi connectivity index (χ1v) is 10.5. The molecular weight excluding hydrogens is 400 g/mol. The van der Waals surface area contributed by atoms with Crippen molar-refractivity contribution in [2.75, 3.05) is 7.05 Å². The zero-order chi connectivity index (χ0) is 18.1. The Kier molecular flexibility index (Phi) is 5.72. The van der Waals surface area contributed by atoms with Crippen LogP contribution in [-0.4, -0.2) is 19.4 Å². The summed E-state index contributed by atoms with van der Waals surface area (Å²) in [4.78, 5) is 0. The molecule has 7 heteroatoms. The predicted octanol–water partition coefficient (Wildman–Crippen LogP) is 4.75. The largest absolute Gasteiger partial charge is 0.316 e. The number of nitrogens with one attached hydrogen (secondary N) is 1. The summed E-state index contributed by atoms with van der Waals surface area (Å²) in [7, 11) is -1.82. The van der Waals surface area contributed by atoms with Crippen LogP contribution in [0.15, 0.2) is 77.1 Å². The van der Waals surface area contributed by atoms with Crippen molar-refractivity contribution in [2.45, 2.75) is 10.8 Å². The summed E-state index contributed by atoms with van der Waals surface area (Å²) >= 11 is 1.30. The lowest BCUT2D eigenvalue weighted by Gasteiger charge is -2.09. The number of aromatic nitrogens is 1. The van der Waals surface area contributed by atoms with Gasteiger partial charge in [-0.3, -0.25) is 0 Å². The van der Waals surface area contributed by atoms with E-state index in [0.29, 0.717) is 16.4 Å². The van der Waals surface area contributed by atoms with Gasteiger partial charge in [0.05, 0.1) is 5.69 Å². The van der Waals surface area contributed by atoms with E-state index in [9.17, 15) is 8.42 Å². The van der Waals surface area contributed by atoms with E-state index in [1.54, 1.807) is 12.3 Å². The molecule has 0 aliphatic rings. The van der Waals surface area contributed by atoms with Gasteiger partial charge < -0.3 is 5.32 Å². The fourth-order valence-corrected chi connectivity index (χ4v) is 5.88. The van der Waals surface area contributed by atoms with Gasteiger partial charge in [-0.2, -0.15) is 8.42 Å². The fraction of sp³-hybridized carbons (Fsp3) is 0.100. The van der Waals surface area contributed by atoms with Gasteiger partial charge in [0.2, 0.25) is 0 Å². The van der Waals surface area contributed by atoms with Crippen molar-refractivity contribution in [3.63, 3.8) is 0 Å². The molecule has 2 aromatic carbocycles. The number of halogens is 1. The molecule has 0 atom stereocenters. The lowest BCUT2D eigenvalue weighted by Crippen LogP contribution is -2.12. The Balaban J connectivity index is 0.00000210. The van der Waals surface area contributed by atoms with Crippen molar-refractivity contribution in [2.24, 2.45) is 0 Å². The Hall–Kier alpha value is -2.12. The van der Waals surface area contributed by atoms with Crippen LogP contribution in [0.5, 0.6) is 0 Å². The van der Waals surface area contributed by atoms with Crippen LogP contribution in [0.25, 0.3) is 21.3 Å². The Morgan fingerprint density at radius 1 is 1.00 bits per heavy atom. The highest BCUT2D eigenvalue weighted by molar-refractivity contribution is 7.92.